The molecule has 0 saturated carbocycles. The Hall–Kier alpha value is -2.50. The zero-order valence-electron chi connectivity index (χ0n) is 10.7. The Morgan fingerprint density at radius 2 is 2.11 bits per heavy atom. The molecule has 0 aromatic carbocycles. The first-order valence-corrected chi connectivity index (χ1v) is 5.86. The van der Waals surface area contributed by atoms with E-state index in [-0.39, 0.29) is 11.5 Å². The maximum atomic E-state index is 12.0. The lowest BCUT2D eigenvalue weighted by Gasteiger charge is -2.13. The van der Waals surface area contributed by atoms with E-state index in [9.17, 15) is 9.59 Å². The summed E-state index contributed by atoms with van der Waals surface area (Å²) in [4.78, 5) is 27.7. The van der Waals surface area contributed by atoms with Crippen molar-refractivity contribution in [3.05, 3.63) is 52.6 Å². The van der Waals surface area contributed by atoms with Crippen molar-refractivity contribution in [3.63, 3.8) is 0 Å². The summed E-state index contributed by atoms with van der Waals surface area (Å²) in [6, 6.07) is 7.51. The lowest BCUT2D eigenvalue weighted by atomic mass is 10.3. The van der Waals surface area contributed by atoms with Gasteiger partial charge in [0.2, 0.25) is 5.91 Å². The molecule has 0 saturated heterocycles. The van der Waals surface area contributed by atoms with Gasteiger partial charge in [-0.25, -0.2) is 9.67 Å². The molecule has 6 nitrogen and oxygen atoms in total. The van der Waals surface area contributed by atoms with Crippen molar-refractivity contribution in [3.8, 4) is 0 Å². The Balaban J connectivity index is 2.20. The number of hydrogen-bond donors (Lipinski definition) is 1. The lowest BCUT2D eigenvalue weighted by Crippen LogP contribution is -2.33. The molecule has 0 spiro atoms. The Morgan fingerprint density at radius 3 is 2.79 bits per heavy atom. The summed E-state index contributed by atoms with van der Waals surface area (Å²) in [7, 11) is 0. The van der Waals surface area contributed by atoms with E-state index in [1.807, 2.05) is 0 Å². The highest BCUT2D eigenvalue weighted by atomic mass is 16.2. The molecular formula is C13H14N4O2. The maximum Gasteiger partial charge on any atom is 0.267 e. The second kappa shape index (κ2) is 5.43. The van der Waals surface area contributed by atoms with Crippen molar-refractivity contribution in [2.75, 3.05) is 5.32 Å². The maximum absolute atomic E-state index is 12.0. The van der Waals surface area contributed by atoms with Crippen LogP contribution in [0.2, 0.25) is 0 Å². The highest BCUT2D eigenvalue weighted by Gasteiger charge is 2.17. The van der Waals surface area contributed by atoms with Gasteiger partial charge in [-0.15, -0.1) is 0 Å². The van der Waals surface area contributed by atoms with Gasteiger partial charge >= 0.3 is 0 Å². The first kappa shape index (κ1) is 12.9. The molecule has 0 aliphatic rings. The molecule has 0 aliphatic heterocycles. The van der Waals surface area contributed by atoms with Gasteiger partial charge in [0.25, 0.3) is 5.56 Å². The zero-order valence-corrected chi connectivity index (χ0v) is 10.7. The molecule has 2 heterocycles. The first-order chi connectivity index (χ1) is 9.08. The van der Waals surface area contributed by atoms with E-state index in [0.29, 0.717) is 11.5 Å². The Kier molecular flexibility index (Phi) is 3.70. The van der Waals surface area contributed by atoms with Crippen LogP contribution in [0.3, 0.4) is 0 Å². The predicted octanol–water partition coefficient (Wildman–Crippen LogP) is 1.15. The van der Waals surface area contributed by atoms with Gasteiger partial charge in [0.05, 0.1) is 5.69 Å². The second-order valence-corrected chi connectivity index (χ2v) is 4.14. The monoisotopic (exact) mass is 258 g/mol. The molecular weight excluding hydrogens is 244 g/mol. The Labute approximate surface area is 110 Å². The van der Waals surface area contributed by atoms with Gasteiger partial charge in [0.15, 0.2) is 0 Å². The van der Waals surface area contributed by atoms with Crippen LogP contribution in [0.1, 0.15) is 18.7 Å². The number of carbonyl (C=O) groups is 1. The molecule has 6 heteroatoms. The van der Waals surface area contributed by atoms with Crippen LogP contribution in [-0.4, -0.2) is 20.7 Å². The normalized spacial score (nSPS) is 11.9. The van der Waals surface area contributed by atoms with Crippen LogP contribution in [0.15, 0.2) is 41.3 Å². The highest BCUT2D eigenvalue weighted by molar-refractivity contribution is 5.92. The molecule has 1 atom stereocenters. The summed E-state index contributed by atoms with van der Waals surface area (Å²) in [6.45, 7) is 3.38. The zero-order chi connectivity index (χ0) is 13.8. The number of anilines is 1. The van der Waals surface area contributed by atoms with Crippen molar-refractivity contribution >= 4 is 11.7 Å². The van der Waals surface area contributed by atoms with Gasteiger partial charge in [-0.2, -0.15) is 5.10 Å². The van der Waals surface area contributed by atoms with Crippen LogP contribution in [-0.2, 0) is 4.79 Å². The average Bonchev–Trinajstić information content (AvgIpc) is 2.42. The van der Waals surface area contributed by atoms with E-state index in [0.717, 1.165) is 4.68 Å². The third-order valence-corrected chi connectivity index (χ3v) is 2.62. The number of pyridine rings is 1. The van der Waals surface area contributed by atoms with Gasteiger partial charge in [-0.1, -0.05) is 6.07 Å². The molecule has 0 bridgehead atoms. The third kappa shape index (κ3) is 3.04. The molecule has 0 radical (unpaired) electrons. The van der Waals surface area contributed by atoms with Crippen molar-refractivity contribution < 1.29 is 4.79 Å². The minimum atomic E-state index is -0.700. The summed E-state index contributed by atoms with van der Waals surface area (Å²) >= 11 is 0. The van der Waals surface area contributed by atoms with Crippen molar-refractivity contribution in [1.29, 1.82) is 0 Å². The van der Waals surface area contributed by atoms with Gasteiger partial charge in [-0.3, -0.25) is 9.59 Å². The fourth-order valence-electron chi connectivity index (χ4n) is 1.58. The van der Waals surface area contributed by atoms with Gasteiger partial charge in [-0.05, 0) is 32.0 Å². The Morgan fingerprint density at radius 1 is 1.32 bits per heavy atom. The topological polar surface area (TPSA) is 76.9 Å². The summed E-state index contributed by atoms with van der Waals surface area (Å²) < 4.78 is 1.16. The second-order valence-electron chi connectivity index (χ2n) is 4.14. The lowest BCUT2D eigenvalue weighted by molar-refractivity contribution is -0.119. The number of hydrogen-bond acceptors (Lipinski definition) is 4. The first-order valence-electron chi connectivity index (χ1n) is 5.86. The summed E-state index contributed by atoms with van der Waals surface area (Å²) in [6.07, 6.45) is 1.58. The van der Waals surface area contributed by atoms with Crippen LogP contribution >= 0.6 is 0 Å². The molecule has 2 aromatic heterocycles. The van der Waals surface area contributed by atoms with E-state index in [1.165, 1.54) is 6.07 Å². The van der Waals surface area contributed by atoms with Crippen molar-refractivity contribution in [1.82, 2.24) is 14.8 Å². The van der Waals surface area contributed by atoms with E-state index in [2.05, 4.69) is 15.4 Å². The number of aromatic nitrogens is 3. The molecule has 0 aliphatic carbocycles. The molecule has 1 amide bonds. The van der Waals surface area contributed by atoms with Gasteiger partial charge < -0.3 is 5.32 Å². The van der Waals surface area contributed by atoms with Gasteiger partial charge in [0, 0.05) is 12.3 Å². The van der Waals surface area contributed by atoms with Crippen LogP contribution in [0.4, 0.5) is 5.82 Å². The molecule has 2 aromatic rings. The largest absolute Gasteiger partial charge is 0.309 e. The van der Waals surface area contributed by atoms with E-state index < -0.39 is 6.04 Å². The van der Waals surface area contributed by atoms with Crippen LogP contribution in [0.5, 0.6) is 0 Å². The third-order valence-electron chi connectivity index (χ3n) is 2.62. The molecule has 19 heavy (non-hydrogen) atoms. The van der Waals surface area contributed by atoms with Crippen molar-refractivity contribution in [2.24, 2.45) is 0 Å². The highest BCUT2D eigenvalue weighted by Crippen LogP contribution is 2.06. The minimum absolute atomic E-state index is 0.311. The number of aryl methyl sites for hydroxylation is 1. The predicted molar refractivity (Wildman–Crippen MR) is 70.8 cm³/mol. The van der Waals surface area contributed by atoms with Gasteiger partial charge in [0.1, 0.15) is 11.9 Å². The summed E-state index contributed by atoms with van der Waals surface area (Å²) in [5.74, 6) is 0.110. The SMILES string of the molecule is Cc1ccc(=O)n([C@@H](C)C(=O)Nc2ccccn2)n1. The Bertz CT molecular complexity index is 637. The molecule has 0 unspecified atom stereocenters. The standard InChI is InChI=1S/C13H14N4O2/c1-9-6-7-12(18)17(16-9)10(2)13(19)15-11-5-3-4-8-14-11/h3-8,10H,1-2H3,(H,14,15,19)/t10-/m0/s1. The summed E-state index contributed by atoms with van der Waals surface area (Å²) in [5.41, 5.74) is 0.367. The van der Waals surface area contributed by atoms with E-state index in [1.54, 1.807) is 44.3 Å². The molecule has 98 valence electrons. The van der Waals surface area contributed by atoms with Crippen LogP contribution in [0, 0.1) is 6.92 Å². The minimum Gasteiger partial charge on any atom is -0.309 e. The van der Waals surface area contributed by atoms with E-state index in [4.69, 9.17) is 0 Å². The number of amides is 1. The van der Waals surface area contributed by atoms with Crippen LogP contribution < -0.4 is 10.9 Å². The summed E-state index contributed by atoms with van der Waals surface area (Å²) in [5, 5.41) is 6.70. The van der Waals surface area contributed by atoms with Crippen LogP contribution in [0.25, 0.3) is 0 Å². The number of carbonyl (C=O) groups excluding carboxylic acids is 1. The molecule has 2 rings (SSSR count). The number of rotatable bonds is 3. The van der Waals surface area contributed by atoms with Crippen molar-refractivity contribution in [2.45, 2.75) is 19.9 Å². The van der Waals surface area contributed by atoms with E-state index >= 15 is 0 Å². The fraction of sp³-hybridized carbons (Fsp3) is 0.231. The average molecular weight is 258 g/mol. The molecule has 1 N–H and O–H groups in total. The fourth-order valence-corrected chi connectivity index (χ4v) is 1.58. The number of nitrogens with zero attached hydrogens (tertiary/aromatic N) is 3. The number of nitrogens with one attached hydrogen (secondary N) is 1. The molecule has 0 fully saturated rings. The quantitative estimate of drug-likeness (QED) is 0.895. The smallest absolute Gasteiger partial charge is 0.267 e.